The van der Waals surface area contributed by atoms with Gasteiger partial charge in [0.25, 0.3) is 5.91 Å². The molecule has 208 valence electrons. The molecule has 7 nitrogen and oxygen atoms in total. The summed E-state index contributed by atoms with van der Waals surface area (Å²) in [7, 11) is 0. The minimum Gasteiger partial charge on any atom is -0.478 e. The lowest BCUT2D eigenvalue weighted by Crippen LogP contribution is -2.27. The largest absolute Gasteiger partial charge is 0.478 e. The Balaban J connectivity index is 1.46. The predicted octanol–water partition coefficient (Wildman–Crippen LogP) is 6.90. The van der Waals surface area contributed by atoms with Gasteiger partial charge < -0.3 is 5.11 Å². The number of rotatable bonds is 7. The SMILES string of the molecule is Cc1ccc(C2=NN(C(=O)c3cccc(C(=O)O)c3)C(c3cn(Cc4ccccc4)nc3-c3ccc(C)cc3)C2)cc1. The van der Waals surface area contributed by atoms with Crippen LogP contribution in [0.15, 0.2) is 114 Å². The van der Waals surface area contributed by atoms with Gasteiger partial charge in [0.1, 0.15) is 0 Å². The van der Waals surface area contributed by atoms with Gasteiger partial charge in [-0.25, -0.2) is 9.80 Å². The van der Waals surface area contributed by atoms with Gasteiger partial charge in [-0.2, -0.15) is 10.2 Å². The quantitative estimate of drug-likeness (QED) is 0.237. The minimum absolute atomic E-state index is 0.0513. The number of carboxylic acids is 1. The van der Waals surface area contributed by atoms with Crippen molar-refractivity contribution in [3.05, 3.63) is 148 Å². The first-order valence-corrected chi connectivity index (χ1v) is 13.9. The zero-order valence-electron chi connectivity index (χ0n) is 23.4. The Morgan fingerprint density at radius 2 is 1.45 bits per heavy atom. The number of aryl methyl sites for hydroxylation is 2. The maximum atomic E-state index is 14.0. The van der Waals surface area contributed by atoms with Gasteiger partial charge in [-0.15, -0.1) is 0 Å². The van der Waals surface area contributed by atoms with Crippen LogP contribution in [-0.2, 0) is 6.54 Å². The summed E-state index contributed by atoms with van der Waals surface area (Å²) in [5.74, 6) is -1.45. The predicted molar refractivity (Wildman–Crippen MR) is 163 cm³/mol. The number of hydrogen-bond donors (Lipinski definition) is 1. The first-order chi connectivity index (χ1) is 20.4. The van der Waals surface area contributed by atoms with Crippen molar-refractivity contribution in [2.45, 2.75) is 32.9 Å². The molecule has 0 spiro atoms. The van der Waals surface area contributed by atoms with Crippen LogP contribution in [0.3, 0.4) is 0 Å². The molecule has 2 heterocycles. The zero-order chi connectivity index (χ0) is 29.2. The Kier molecular flexibility index (Phi) is 7.23. The van der Waals surface area contributed by atoms with E-state index in [1.807, 2.05) is 79.3 Å². The average molecular weight is 555 g/mol. The van der Waals surface area contributed by atoms with Gasteiger partial charge in [0.2, 0.25) is 0 Å². The molecule has 1 amide bonds. The molecule has 1 aliphatic rings. The fourth-order valence-corrected chi connectivity index (χ4v) is 5.25. The van der Waals surface area contributed by atoms with E-state index in [0.29, 0.717) is 13.0 Å². The van der Waals surface area contributed by atoms with Crippen molar-refractivity contribution in [2.24, 2.45) is 5.10 Å². The number of hydrogen-bond acceptors (Lipinski definition) is 4. The molecule has 6 rings (SSSR count). The molecule has 0 aliphatic carbocycles. The lowest BCUT2D eigenvalue weighted by Gasteiger charge is -2.22. The second-order valence-electron chi connectivity index (χ2n) is 10.7. The Hall–Kier alpha value is -5.30. The first kappa shape index (κ1) is 26.9. The highest BCUT2D eigenvalue weighted by Gasteiger charge is 2.36. The van der Waals surface area contributed by atoms with E-state index < -0.39 is 12.0 Å². The molecule has 42 heavy (non-hydrogen) atoms. The second kappa shape index (κ2) is 11.3. The molecule has 5 aromatic rings. The number of hydrazone groups is 1. The van der Waals surface area contributed by atoms with Gasteiger partial charge in [-0.3, -0.25) is 9.48 Å². The molecule has 4 aromatic carbocycles. The van der Waals surface area contributed by atoms with Crippen molar-refractivity contribution >= 4 is 17.6 Å². The summed E-state index contributed by atoms with van der Waals surface area (Å²) in [5.41, 5.74) is 8.05. The smallest absolute Gasteiger partial charge is 0.335 e. The molecule has 1 aliphatic heterocycles. The highest BCUT2D eigenvalue weighted by atomic mass is 16.4. The number of aromatic nitrogens is 2. The van der Waals surface area contributed by atoms with Crippen LogP contribution in [0.4, 0.5) is 0 Å². The summed E-state index contributed by atoms with van der Waals surface area (Å²) < 4.78 is 1.91. The third-order valence-corrected chi connectivity index (χ3v) is 7.52. The van der Waals surface area contributed by atoms with Crippen LogP contribution in [-0.4, -0.2) is 37.5 Å². The lowest BCUT2D eigenvalue weighted by atomic mass is 9.95. The summed E-state index contributed by atoms with van der Waals surface area (Å²) in [6.45, 7) is 4.65. The van der Waals surface area contributed by atoms with Crippen molar-refractivity contribution in [1.29, 1.82) is 0 Å². The highest BCUT2D eigenvalue weighted by molar-refractivity contribution is 6.05. The summed E-state index contributed by atoms with van der Waals surface area (Å²) in [6.07, 6.45) is 2.50. The number of aromatic carboxylic acids is 1. The number of benzene rings is 4. The third-order valence-electron chi connectivity index (χ3n) is 7.52. The number of carbonyl (C=O) groups excluding carboxylic acids is 1. The Morgan fingerprint density at radius 1 is 0.810 bits per heavy atom. The lowest BCUT2D eigenvalue weighted by molar-refractivity contribution is 0.0697. The van der Waals surface area contributed by atoms with Crippen LogP contribution in [0.1, 0.15) is 61.0 Å². The molecule has 1 atom stereocenters. The maximum absolute atomic E-state index is 14.0. The van der Waals surface area contributed by atoms with E-state index in [2.05, 4.69) is 24.3 Å². The normalized spacial score (nSPS) is 14.6. The van der Waals surface area contributed by atoms with Gasteiger partial charge in [0.05, 0.1) is 29.6 Å². The molecule has 1 N–H and O–H groups in total. The Labute approximate surface area is 244 Å². The highest BCUT2D eigenvalue weighted by Crippen LogP contribution is 2.39. The van der Waals surface area contributed by atoms with Crippen molar-refractivity contribution in [3.63, 3.8) is 0 Å². The second-order valence-corrected chi connectivity index (χ2v) is 10.7. The summed E-state index contributed by atoms with van der Waals surface area (Å²) in [5, 5.41) is 20.9. The standard InChI is InChI=1S/C35H30N4O3/c1-23-11-15-26(16-12-23)31-20-32(39(36-31)34(40)28-9-6-10-29(19-28)35(41)42)30-22-38(21-25-7-4-3-5-8-25)37-33(30)27-17-13-24(2)14-18-27/h3-19,22,32H,20-21H2,1-2H3,(H,41,42). The van der Waals surface area contributed by atoms with Gasteiger partial charge in [0.15, 0.2) is 0 Å². The molecule has 0 saturated carbocycles. The average Bonchev–Trinajstić information content (AvgIpc) is 3.63. The van der Waals surface area contributed by atoms with Crippen molar-refractivity contribution in [2.75, 3.05) is 0 Å². The van der Waals surface area contributed by atoms with Crippen LogP contribution < -0.4 is 0 Å². The van der Waals surface area contributed by atoms with E-state index >= 15 is 0 Å². The molecule has 1 aromatic heterocycles. The number of nitrogens with zero attached hydrogens (tertiary/aromatic N) is 4. The van der Waals surface area contributed by atoms with E-state index in [1.54, 1.807) is 12.1 Å². The van der Waals surface area contributed by atoms with Crippen LogP contribution in [0, 0.1) is 13.8 Å². The van der Waals surface area contributed by atoms with Gasteiger partial charge >= 0.3 is 5.97 Å². The fraction of sp³-hybridized carbons (Fsp3) is 0.143. The topological polar surface area (TPSA) is 87.8 Å². The van der Waals surface area contributed by atoms with Gasteiger partial charge in [-0.1, -0.05) is 96.1 Å². The summed E-state index contributed by atoms with van der Waals surface area (Å²) >= 11 is 0. The van der Waals surface area contributed by atoms with E-state index in [9.17, 15) is 14.7 Å². The number of carboxylic acid groups (broad SMARTS) is 1. The van der Waals surface area contributed by atoms with Gasteiger partial charge in [0, 0.05) is 29.3 Å². The Bertz CT molecular complexity index is 1790. The molecule has 0 saturated heterocycles. The van der Waals surface area contributed by atoms with Crippen LogP contribution in [0.5, 0.6) is 0 Å². The van der Waals surface area contributed by atoms with E-state index in [-0.39, 0.29) is 17.0 Å². The first-order valence-electron chi connectivity index (χ1n) is 13.9. The van der Waals surface area contributed by atoms with E-state index in [4.69, 9.17) is 10.2 Å². The summed E-state index contributed by atoms with van der Waals surface area (Å²) in [4.78, 5) is 25.7. The molecule has 1 unspecified atom stereocenters. The fourth-order valence-electron chi connectivity index (χ4n) is 5.25. The molecule has 7 heteroatoms. The van der Waals surface area contributed by atoms with E-state index in [1.165, 1.54) is 17.1 Å². The maximum Gasteiger partial charge on any atom is 0.335 e. The van der Waals surface area contributed by atoms with Crippen LogP contribution in [0.2, 0.25) is 0 Å². The Morgan fingerprint density at radius 3 is 2.12 bits per heavy atom. The molecular weight excluding hydrogens is 524 g/mol. The summed E-state index contributed by atoms with van der Waals surface area (Å²) in [6, 6.07) is 32.1. The van der Waals surface area contributed by atoms with Crippen molar-refractivity contribution in [1.82, 2.24) is 14.8 Å². The molecule has 0 bridgehead atoms. The molecule has 0 radical (unpaired) electrons. The van der Waals surface area contributed by atoms with Gasteiger partial charge in [-0.05, 0) is 43.2 Å². The monoisotopic (exact) mass is 554 g/mol. The molecular formula is C35H30N4O3. The number of carbonyl (C=O) groups is 2. The zero-order valence-corrected chi connectivity index (χ0v) is 23.4. The van der Waals surface area contributed by atoms with Crippen LogP contribution in [0.25, 0.3) is 11.3 Å². The van der Waals surface area contributed by atoms with Crippen LogP contribution >= 0.6 is 0 Å². The molecule has 0 fully saturated rings. The van der Waals surface area contributed by atoms with Crippen molar-refractivity contribution in [3.8, 4) is 11.3 Å². The van der Waals surface area contributed by atoms with Crippen molar-refractivity contribution < 1.29 is 14.7 Å². The minimum atomic E-state index is -1.09. The third kappa shape index (κ3) is 5.49. The van der Waals surface area contributed by atoms with E-state index in [0.717, 1.165) is 44.8 Å². The number of amides is 1.